The normalized spacial score (nSPS) is 10.0. The van der Waals surface area contributed by atoms with Gasteiger partial charge in [-0.25, -0.2) is 4.79 Å². The van der Waals surface area contributed by atoms with Crippen molar-refractivity contribution in [3.8, 4) is 11.5 Å². The van der Waals surface area contributed by atoms with E-state index in [1.807, 2.05) is 0 Å². The summed E-state index contributed by atoms with van der Waals surface area (Å²) in [6, 6.07) is 0. The molecular weight excluding hydrogens is 210 g/mol. The van der Waals surface area contributed by atoms with Gasteiger partial charge in [0.2, 0.25) is 0 Å². The zero-order chi connectivity index (χ0) is 12.5. The van der Waals surface area contributed by atoms with Gasteiger partial charge in [0.05, 0.1) is 14.2 Å². The van der Waals surface area contributed by atoms with Gasteiger partial charge in [-0.05, 0) is 19.4 Å². The van der Waals surface area contributed by atoms with Crippen molar-refractivity contribution in [3.63, 3.8) is 0 Å². The van der Waals surface area contributed by atoms with Crippen LogP contribution in [0, 0.1) is 13.8 Å². The number of esters is 1. The molecular formula is C11H15NO4. The van der Waals surface area contributed by atoms with E-state index in [4.69, 9.17) is 10.5 Å². The quantitative estimate of drug-likeness (QED) is 0.451. The van der Waals surface area contributed by atoms with E-state index in [2.05, 4.69) is 4.74 Å². The van der Waals surface area contributed by atoms with Crippen LogP contribution in [-0.4, -0.2) is 25.3 Å². The molecule has 0 spiro atoms. The monoisotopic (exact) mass is 225 g/mol. The van der Waals surface area contributed by atoms with Gasteiger partial charge >= 0.3 is 5.97 Å². The highest BCUT2D eigenvalue weighted by Crippen LogP contribution is 2.40. The minimum Gasteiger partial charge on any atom is -0.504 e. The molecule has 0 saturated carbocycles. The third-order valence-corrected chi connectivity index (χ3v) is 2.57. The van der Waals surface area contributed by atoms with Crippen LogP contribution in [0.5, 0.6) is 11.5 Å². The Morgan fingerprint density at radius 2 is 1.81 bits per heavy atom. The first-order valence-electron chi connectivity index (χ1n) is 4.69. The van der Waals surface area contributed by atoms with Crippen molar-refractivity contribution >= 4 is 11.7 Å². The molecule has 0 amide bonds. The Bertz CT molecular complexity index is 440. The number of hydrogen-bond acceptors (Lipinski definition) is 5. The summed E-state index contributed by atoms with van der Waals surface area (Å²) in [4.78, 5) is 11.5. The van der Waals surface area contributed by atoms with Crippen molar-refractivity contribution in [1.82, 2.24) is 0 Å². The number of benzene rings is 1. The molecule has 88 valence electrons. The van der Waals surface area contributed by atoms with Gasteiger partial charge in [0.25, 0.3) is 0 Å². The highest BCUT2D eigenvalue weighted by molar-refractivity contribution is 5.97. The summed E-state index contributed by atoms with van der Waals surface area (Å²) in [5, 5.41) is 9.90. The van der Waals surface area contributed by atoms with Gasteiger partial charge in [0.15, 0.2) is 11.5 Å². The van der Waals surface area contributed by atoms with Crippen LogP contribution in [0.25, 0.3) is 0 Å². The maximum Gasteiger partial charge on any atom is 0.342 e. The Labute approximate surface area is 93.8 Å². The number of carbonyl (C=O) groups excluding carboxylic acids is 1. The highest BCUT2D eigenvalue weighted by atomic mass is 16.5. The summed E-state index contributed by atoms with van der Waals surface area (Å²) in [5.74, 6) is -0.679. The smallest absolute Gasteiger partial charge is 0.342 e. The first kappa shape index (κ1) is 12.2. The van der Waals surface area contributed by atoms with Gasteiger partial charge in [0.1, 0.15) is 5.56 Å². The average Bonchev–Trinajstić information content (AvgIpc) is 2.27. The van der Waals surface area contributed by atoms with Crippen molar-refractivity contribution in [2.45, 2.75) is 13.8 Å². The second-order valence-corrected chi connectivity index (χ2v) is 3.41. The SMILES string of the molecule is COC(=O)c1c(C)c(N)c(C)c(OC)c1O. The fourth-order valence-electron chi connectivity index (χ4n) is 1.61. The molecule has 1 aromatic rings. The van der Waals surface area contributed by atoms with E-state index in [1.54, 1.807) is 13.8 Å². The fraction of sp³-hybridized carbons (Fsp3) is 0.364. The number of aromatic hydroxyl groups is 1. The lowest BCUT2D eigenvalue weighted by Crippen LogP contribution is -2.09. The van der Waals surface area contributed by atoms with E-state index >= 15 is 0 Å². The topological polar surface area (TPSA) is 81.8 Å². The second-order valence-electron chi connectivity index (χ2n) is 3.41. The van der Waals surface area contributed by atoms with Crippen LogP contribution in [0.3, 0.4) is 0 Å². The lowest BCUT2D eigenvalue weighted by molar-refractivity contribution is 0.0596. The molecule has 5 heteroatoms. The van der Waals surface area contributed by atoms with Crippen LogP contribution in [-0.2, 0) is 4.74 Å². The number of ether oxygens (including phenoxy) is 2. The minimum atomic E-state index is -0.639. The van der Waals surface area contributed by atoms with Gasteiger partial charge < -0.3 is 20.3 Å². The molecule has 5 nitrogen and oxygen atoms in total. The first-order valence-corrected chi connectivity index (χ1v) is 4.69. The zero-order valence-corrected chi connectivity index (χ0v) is 9.75. The highest BCUT2D eigenvalue weighted by Gasteiger charge is 2.23. The molecule has 0 aromatic heterocycles. The van der Waals surface area contributed by atoms with Crippen LogP contribution < -0.4 is 10.5 Å². The predicted molar refractivity (Wildman–Crippen MR) is 59.9 cm³/mol. The Kier molecular flexibility index (Phi) is 3.27. The van der Waals surface area contributed by atoms with E-state index in [-0.39, 0.29) is 17.1 Å². The molecule has 0 atom stereocenters. The number of nitrogen functional groups attached to an aromatic ring is 1. The van der Waals surface area contributed by atoms with E-state index in [9.17, 15) is 9.90 Å². The zero-order valence-electron chi connectivity index (χ0n) is 9.75. The molecule has 1 aromatic carbocycles. The Morgan fingerprint density at radius 3 is 2.25 bits per heavy atom. The molecule has 0 aliphatic rings. The van der Waals surface area contributed by atoms with Crippen LogP contribution >= 0.6 is 0 Å². The van der Waals surface area contributed by atoms with E-state index in [0.29, 0.717) is 16.8 Å². The molecule has 0 radical (unpaired) electrons. The Balaban J connectivity index is 3.62. The standard InChI is InChI=1S/C11H15NO4/c1-5-7(11(14)16-4)9(13)10(15-3)6(2)8(5)12/h13H,12H2,1-4H3. The summed E-state index contributed by atoms with van der Waals surface area (Å²) < 4.78 is 9.59. The van der Waals surface area contributed by atoms with Crippen molar-refractivity contribution in [1.29, 1.82) is 0 Å². The van der Waals surface area contributed by atoms with Gasteiger partial charge in [-0.1, -0.05) is 0 Å². The summed E-state index contributed by atoms with van der Waals surface area (Å²) in [6.45, 7) is 3.36. The second kappa shape index (κ2) is 4.30. The van der Waals surface area contributed by atoms with Crippen molar-refractivity contribution in [3.05, 3.63) is 16.7 Å². The third-order valence-electron chi connectivity index (χ3n) is 2.57. The van der Waals surface area contributed by atoms with Crippen LogP contribution in [0.15, 0.2) is 0 Å². The lowest BCUT2D eigenvalue weighted by atomic mass is 10.0. The number of nitrogens with two attached hydrogens (primary N) is 1. The molecule has 0 saturated heterocycles. The molecule has 16 heavy (non-hydrogen) atoms. The summed E-state index contributed by atoms with van der Waals surface area (Å²) >= 11 is 0. The molecule has 0 heterocycles. The van der Waals surface area contributed by atoms with Crippen molar-refractivity contribution < 1.29 is 19.4 Å². The Morgan fingerprint density at radius 1 is 1.25 bits per heavy atom. The van der Waals surface area contributed by atoms with Gasteiger partial charge in [0, 0.05) is 11.3 Å². The van der Waals surface area contributed by atoms with Crippen LogP contribution in [0.2, 0.25) is 0 Å². The molecule has 0 aliphatic heterocycles. The fourth-order valence-corrected chi connectivity index (χ4v) is 1.61. The third kappa shape index (κ3) is 1.64. The maximum atomic E-state index is 11.5. The van der Waals surface area contributed by atoms with Crippen molar-refractivity contribution in [2.75, 3.05) is 20.0 Å². The number of methoxy groups -OCH3 is 2. The van der Waals surface area contributed by atoms with E-state index in [0.717, 1.165) is 0 Å². The number of carbonyl (C=O) groups is 1. The lowest BCUT2D eigenvalue weighted by Gasteiger charge is -2.16. The molecule has 0 fully saturated rings. The van der Waals surface area contributed by atoms with Gasteiger partial charge in [-0.15, -0.1) is 0 Å². The average molecular weight is 225 g/mol. The largest absolute Gasteiger partial charge is 0.504 e. The first-order chi connectivity index (χ1) is 7.45. The molecule has 1 rings (SSSR count). The number of anilines is 1. The number of phenolic OH excluding ortho intramolecular Hbond substituents is 1. The molecule has 0 aliphatic carbocycles. The number of rotatable bonds is 2. The minimum absolute atomic E-state index is 0.0439. The molecule has 3 N–H and O–H groups in total. The van der Waals surface area contributed by atoms with Crippen LogP contribution in [0.4, 0.5) is 5.69 Å². The summed E-state index contributed by atoms with van der Waals surface area (Å²) in [6.07, 6.45) is 0. The summed E-state index contributed by atoms with van der Waals surface area (Å²) in [7, 11) is 2.64. The molecule has 0 unspecified atom stereocenters. The predicted octanol–water partition coefficient (Wildman–Crippen LogP) is 1.39. The van der Waals surface area contributed by atoms with E-state index in [1.165, 1.54) is 14.2 Å². The summed E-state index contributed by atoms with van der Waals surface area (Å²) in [5.41, 5.74) is 7.37. The maximum absolute atomic E-state index is 11.5. The number of phenols is 1. The molecule has 0 bridgehead atoms. The van der Waals surface area contributed by atoms with Gasteiger partial charge in [-0.3, -0.25) is 0 Å². The van der Waals surface area contributed by atoms with Crippen LogP contribution in [0.1, 0.15) is 21.5 Å². The Hall–Kier alpha value is -1.91. The van der Waals surface area contributed by atoms with E-state index < -0.39 is 5.97 Å². The van der Waals surface area contributed by atoms with Gasteiger partial charge in [-0.2, -0.15) is 0 Å². The van der Waals surface area contributed by atoms with Crippen molar-refractivity contribution in [2.24, 2.45) is 0 Å². The number of hydrogen-bond donors (Lipinski definition) is 2.